The molecule has 0 aliphatic carbocycles. The van der Waals surface area contributed by atoms with E-state index in [-0.39, 0.29) is 22.7 Å². The number of nitrogens with two attached hydrogens (primary N) is 1. The van der Waals surface area contributed by atoms with Gasteiger partial charge in [-0.2, -0.15) is 0 Å². The molecule has 0 aliphatic heterocycles. The van der Waals surface area contributed by atoms with Crippen molar-refractivity contribution in [1.82, 2.24) is 0 Å². The molecular formula is C20H14F4N4O2. The van der Waals surface area contributed by atoms with E-state index in [0.717, 1.165) is 12.1 Å². The monoisotopic (exact) mass is 418 g/mol. The van der Waals surface area contributed by atoms with Gasteiger partial charge in [-0.1, -0.05) is 12.1 Å². The summed E-state index contributed by atoms with van der Waals surface area (Å²) in [6.07, 6.45) is 0. The molecule has 0 unspecified atom stereocenters. The molecule has 0 bridgehead atoms. The number of hydrogen-bond acceptors (Lipinski definition) is 5. The molecule has 10 heteroatoms. The fraction of sp³-hybridized carbons (Fsp3) is 0.0500. The average Bonchev–Trinajstić information content (AvgIpc) is 2.70. The molecule has 0 saturated carbocycles. The quantitative estimate of drug-likeness (QED) is 0.326. The summed E-state index contributed by atoms with van der Waals surface area (Å²) < 4.78 is 61.1. The predicted octanol–water partition coefficient (Wildman–Crippen LogP) is 5.50. The van der Waals surface area contributed by atoms with Crippen LogP contribution in [0.5, 0.6) is 5.75 Å². The molecular weight excluding hydrogens is 404 g/mol. The van der Waals surface area contributed by atoms with Crippen molar-refractivity contribution in [2.75, 3.05) is 18.2 Å². The van der Waals surface area contributed by atoms with E-state index in [0.29, 0.717) is 12.1 Å². The molecule has 0 atom stereocenters. The van der Waals surface area contributed by atoms with E-state index in [1.165, 1.54) is 19.2 Å². The molecule has 3 aromatic carbocycles. The highest BCUT2D eigenvalue weighted by Crippen LogP contribution is 2.31. The number of nitrogen functional groups attached to an aromatic ring is 1. The molecule has 30 heavy (non-hydrogen) atoms. The molecule has 0 radical (unpaired) electrons. The van der Waals surface area contributed by atoms with Crippen molar-refractivity contribution in [3.8, 4) is 5.75 Å². The number of benzene rings is 3. The number of carbonyl (C=O) groups excluding carboxylic acids is 1. The SMILES string of the molecule is COc1cc(F)c(N=Nc2c(F)cc(C(=O)Nc3ccccc3N)cc2F)c(F)c1. The van der Waals surface area contributed by atoms with E-state index in [4.69, 9.17) is 10.5 Å². The van der Waals surface area contributed by atoms with Crippen LogP contribution in [-0.2, 0) is 0 Å². The number of amides is 1. The third-order valence-corrected chi connectivity index (χ3v) is 3.96. The summed E-state index contributed by atoms with van der Waals surface area (Å²) in [5.41, 5.74) is 4.12. The van der Waals surface area contributed by atoms with Gasteiger partial charge in [0.1, 0.15) is 5.75 Å². The van der Waals surface area contributed by atoms with Gasteiger partial charge in [0.25, 0.3) is 5.91 Å². The van der Waals surface area contributed by atoms with Crippen LogP contribution in [0.2, 0.25) is 0 Å². The van der Waals surface area contributed by atoms with Gasteiger partial charge in [0.2, 0.25) is 0 Å². The second kappa shape index (κ2) is 8.60. The Hall–Kier alpha value is -3.95. The number of azo groups is 1. The first-order valence-corrected chi connectivity index (χ1v) is 8.40. The lowest BCUT2D eigenvalue weighted by molar-refractivity contribution is 0.102. The number of carbonyl (C=O) groups is 1. The zero-order chi connectivity index (χ0) is 21.8. The Labute approximate surface area is 168 Å². The number of anilines is 2. The van der Waals surface area contributed by atoms with Crippen molar-refractivity contribution in [2.45, 2.75) is 0 Å². The Morgan fingerprint density at radius 1 is 0.900 bits per heavy atom. The van der Waals surface area contributed by atoms with Gasteiger partial charge in [-0.05, 0) is 24.3 Å². The smallest absolute Gasteiger partial charge is 0.255 e. The maximum atomic E-state index is 14.3. The third kappa shape index (κ3) is 4.37. The standard InChI is InChI=1S/C20H14F4N4O2/c1-30-11-8-14(23)19(15(24)9-11)28-27-18-12(21)6-10(7-13(18)22)20(29)26-17-5-3-2-4-16(17)25/h2-9H,25H2,1H3,(H,26,29). The van der Waals surface area contributed by atoms with Crippen molar-refractivity contribution < 1.29 is 27.1 Å². The highest BCUT2D eigenvalue weighted by atomic mass is 19.1. The summed E-state index contributed by atoms with van der Waals surface area (Å²) in [5, 5.41) is 8.92. The van der Waals surface area contributed by atoms with Crippen LogP contribution >= 0.6 is 0 Å². The van der Waals surface area contributed by atoms with Gasteiger partial charge in [0.05, 0.1) is 18.5 Å². The fourth-order valence-electron chi connectivity index (χ4n) is 2.45. The van der Waals surface area contributed by atoms with Gasteiger partial charge in [-0.15, -0.1) is 10.2 Å². The maximum Gasteiger partial charge on any atom is 0.255 e. The van der Waals surface area contributed by atoms with E-state index < -0.39 is 40.6 Å². The normalized spacial score (nSPS) is 11.0. The summed E-state index contributed by atoms with van der Waals surface area (Å²) in [5.74, 6) is -5.68. The summed E-state index contributed by atoms with van der Waals surface area (Å²) >= 11 is 0. The Morgan fingerprint density at radius 2 is 1.40 bits per heavy atom. The second-order valence-electron chi connectivity index (χ2n) is 5.97. The number of para-hydroxylation sites is 2. The van der Waals surface area contributed by atoms with Crippen molar-refractivity contribution >= 4 is 28.7 Å². The van der Waals surface area contributed by atoms with Crippen LogP contribution in [0.15, 0.2) is 58.8 Å². The molecule has 0 fully saturated rings. The molecule has 3 N–H and O–H groups in total. The van der Waals surface area contributed by atoms with Crippen molar-refractivity contribution in [3.63, 3.8) is 0 Å². The largest absolute Gasteiger partial charge is 0.497 e. The van der Waals surface area contributed by atoms with E-state index in [1.54, 1.807) is 12.1 Å². The highest BCUT2D eigenvalue weighted by Gasteiger charge is 2.17. The molecule has 0 saturated heterocycles. The van der Waals surface area contributed by atoms with E-state index in [2.05, 4.69) is 15.5 Å². The fourth-order valence-corrected chi connectivity index (χ4v) is 2.45. The summed E-state index contributed by atoms with van der Waals surface area (Å²) in [6.45, 7) is 0. The van der Waals surface area contributed by atoms with E-state index >= 15 is 0 Å². The first kappa shape index (κ1) is 20.8. The summed E-state index contributed by atoms with van der Waals surface area (Å²) in [7, 11) is 1.21. The predicted molar refractivity (Wildman–Crippen MR) is 102 cm³/mol. The number of rotatable bonds is 5. The minimum atomic E-state index is -1.25. The van der Waals surface area contributed by atoms with Gasteiger partial charge < -0.3 is 15.8 Å². The van der Waals surface area contributed by atoms with Gasteiger partial charge in [-0.3, -0.25) is 4.79 Å². The lowest BCUT2D eigenvalue weighted by atomic mass is 10.1. The summed E-state index contributed by atoms with van der Waals surface area (Å²) in [6, 6.07) is 9.43. The maximum absolute atomic E-state index is 14.3. The van der Waals surface area contributed by atoms with Crippen LogP contribution in [0, 0.1) is 23.3 Å². The zero-order valence-electron chi connectivity index (χ0n) is 15.4. The van der Waals surface area contributed by atoms with Crippen LogP contribution in [0.3, 0.4) is 0 Å². The second-order valence-corrected chi connectivity index (χ2v) is 5.97. The van der Waals surface area contributed by atoms with Crippen LogP contribution in [0.1, 0.15) is 10.4 Å². The summed E-state index contributed by atoms with van der Waals surface area (Å²) in [4.78, 5) is 12.2. The Kier molecular flexibility index (Phi) is 5.95. The van der Waals surface area contributed by atoms with Crippen LogP contribution < -0.4 is 15.8 Å². The molecule has 0 aromatic heterocycles. The van der Waals surface area contributed by atoms with Crippen LogP contribution in [-0.4, -0.2) is 13.0 Å². The minimum Gasteiger partial charge on any atom is -0.497 e. The third-order valence-electron chi connectivity index (χ3n) is 3.96. The zero-order valence-corrected chi connectivity index (χ0v) is 15.4. The number of nitrogens with one attached hydrogen (secondary N) is 1. The first-order chi connectivity index (χ1) is 14.3. The van der Waals surface area contributed by atoms with Gasteiger partial charge >= 0.3 is 0 Å². The van der Waals surface area contributed by atoms with Crippen molar-refractivity contribution in [3.05, 3.63) is 77.4 Å². The first-order valence-electron chi connectivity index (χ1n) is 8.40. The number of methoxy groups -OCH3 is 1. The topological polar surface area (TPSA) is 89.1 Å². The van der Waals surface area contributed by atoms with Crippen molar-refractivity contribution in [2.24, 2.45) is 10.2 Å². The lowest BCUT2D eigenvalue weighted by Crippen LogP contribution is -2.13. The lowest BCUT2D eigenvalue weighted by Gasteiger charge is -2.09. The van der Waals surface area contributed by atoms with Crippen molar-refractivity contribution in [1.29, 1.82) is 0 Å². The number of halogens is 4. The highest BCUT2D eigenvalue weighted by molar-refractivity contribution is 6.05. The molecule has 3 rings (SSSR count). The van der Waals surface area contributed by atoms with Gasteiger partial charge in [0, 0.05) is 17.7 Å². The Bertz CT molecular complexity index is 1110. The average molecular weight is 418 g/mol. The molecule has 0 aliphatic rings. The molecule has 154 valence electrons. The molecule has 0 spiro atoms. The van der Waals surface area contributed by atoms with Crippen LogP contribution in [0.4, 0.5) is 40.3 Å². The van der Waals surface area contributed by atoms with Gasteiger partial charge in [0.15, 0.2) is 34.6 Å². The van der Waals surface area contributed by atoms with E-state index in [1.807, 2.05) is 0 Å². The minimum absolute atomic E-state index is 0.101. The Morgan fingerprint density at radius 3 is 1.90 bits per heavy atom. The van der Waals surface area contributed by atoms with Crippen LogP contribution in [0.25, 0.3) is 0 Å². The molecule has 1 amide bonds. The molecule has 3 aromatic rings. The molecule has 6 nitrogen and oxygen atoms in total. The van der Waals surface area contributed by atoms with Gasteiger partial charge in [-0.25, -0.2) is 17.6 Å². The number of nitrogens with zero attached hydrogens (tertiary/aromatic N) is 2. The number of hydrogen-bond donors (Lipinski definition) is 2. The molecule has 0 heterocycles. The van der Waals surface area contributed by atoms with E-state index in [9.17, 15) is 22.4 Å². The Balaban J connectivity index is 1.87. The number of ether oxygens (including phenoxy) is 1.